The molecule has 1 heterocycles. The zero-order valence-electron chi connectivity index (χ0n) is 15.3. The second-order valence-electron chi connectivity index (χ2n) is 6.32. The normalized spacial score (nSPS) is 13.9. The average molecular weight is 423 g/mol. The number of benzene rings is 2. The molecule has 0 bridgehead atoms. The molecule has 0 fully saturated rings. The van der Waals surface area contributed by atoms with Gasteiger partial charge >= 0.3 is 0 Å². The highest BCUT2D eigenvalue weighted by atomic mass is 35.5. The topological polar surface area (TPSA) is 76.7 Å². The van der Waals surface area contributed by atoms with Crippen molar-refractivity contribution in [3.05, 3.63) is 52.0 Å². The van der Waals surface area contributed by atoms with Gasteiger partial charge in [-0.2, -0.15) is 0 Å². The fourth-order valence-corrected chi connectivity index (χ4v) is 3.09. The maximum absolute atomic E-state index is 12.2. The van der Waals surface area contributed by atoms with Crippen LogP contribution in [0.15, 0.2) is 36.4 Å². The number of nitrogens with one attached hydrogen (secondary N) is 2. The van der Waals surface area contributed by atoms with E-state index in [-0.39, 0.29) is 16.8 Å². The van der Waals surface area contributed by atoms with Crippen molar-refractivity contribution >= 4 is 40.7 Å². The molecule has 148 valence electrons. The molecule has 28 heavy (non-hydrogen) atoms. The van der Waals surface area contributed by atoms with Crippen LogP contribution < -0.4 is 20.1 Å². The van der Waals surface area contributed by atoms with E-state index >= 15 is 0 Å². The molecule has 0 radical (unpaired) electrons. The standard InChI is InChI=1S/C20H20Cl2N2O4/c1-12(28-17-4-2-3-15(21)19(17)22)20(26)23-9-10-27-14-6-7-16-13(11-14)5-8-18(25)24-16/h2-4,6-7,11-12H,5,8-10H2,1H3,(H,23,26)(H,24,25). The smallest absolute Gasteiger partial charge is 0.260 e. The molecule has 2 N–H and O–H groups in total. The minimum atomic E-state index is -0.733. The molecule has 1 atom stereocenters. The van der Waals surface area contributed by atoms with Crippen LogP contribution >= 0.6 is 23.2 Å². The SMILES string of the molecule is CC(Oc1cccc(Cl)c1Cl)C(=O)NCCOc1ccc2c(c1)CCC(=O)N2. The number of carbonyl (C=O) groups excluding carboxylic acids is 2. The first-order valence-corrected chi connectivity index (χ1v) is 9.63. The molecule has 0 saturated carbocycles. The number of carbonyl (C=O) groups is 2. The predicted molar refractivity (Wildman–Crippen MR) is 108 cm³/mol. The van der Waals surface area contributed by atoms with Crippen molar-refractivity contribution in [3.63, 3.8) is 0 Å². The minimum absolute atomic E-state index is 0.0271. The predicted octanol–water partition coefficient (Wildman–Crippen LogP) is 3.84. The highest BCUT2D eigenvalue weighted by Gasteiger charge is 2.17. The molecular weight excluding hydrogens is 403 g/mol. The molecule has 6 nitrogen and oxygen atoms in total. The van der Waals surface area contributed by atoms with E-state index in [1.165, 1.54) is 0 Å². The van der Waals surface area contributed by atoms with Gasteiger partial charge in [0.05, 0.1) is 11.6 Å². The Morgan fingerprint density at radius 1 is 1.25 bits per heavy atom. The van der Waals surface area contributed by atoms with Crippen molar-refractivity contribution in [2.45, 2.75) is 25.9 Å². The molecule has 1 aliphatic rings. The summed E-state index contributed by atoms with van der Waals surface area (Å²) < 4.78 is 11.2. The van der Waals surface area contributed by atoms with E-state index in [0.717, 1.165) is 11.3 Å². The Morgan fingerprint density at radius 2 is 2.07 bits per heavy atom. The van der Waals surface area contributed by atoms with Gasteiger partial charge in [0.25, 0.3) is 5.91 Å². The van der Waals surface area contributed by atoms with Crippen LogP contribution in [-0.2, 0) is 16.0 Å². The van der Waals surface area contributed by atoms with Gasteiger partial charge in [-0.3, -0.25) is 9.59 Å². The third kappa shape index (κ3) is 5.09. The van der Waals surface area contributed by atoms with Crippen molar-refractivity contribution in [2.75, 3.05) is 18.5 Å². The summed E-state index contributed by atoms with van der Waals surface area (Å²) in [4.78, 5) is 23.6. The summed E-state index contributed by atoms with van der Waals surface area (Å²) in [6.45, 7) is 2.26. The first-order valence-electron chi connectivity index (χ1n) is 8.88. The number of hydrogen-bond donors (Lipinski definition) is 2. The summed E-state index contributed by atoms with van der Waals surface area (Å²) in [6, 6.07) is 10.5. The zero-order valence-corrected chi connectivity index (χ0v) is 16.8. The maximum atomic E-state index is 12.2. The maximum Gasteiger partial charge on any atom is 0.260 e. The third-order valence-electron chi connectivity index (χ3n) is 4.23. The van der Waals surface area contributed by atoms with Crippen molar-refractivity contribution in [3.8, 4) is 11.5 Å². The van der Waals surface area contributed by atoms with Gasteiger partial charge in [0.1, 0.15) is 23.1 Å². The molecule has 0 aromatic heterocycles. The van der Waals surface area contributed by atoms with Crippen LogP contribution in [0.1, 0.15) is 18.9 Å². The first-order chi connectivity index (χ1) is 13.4. The second-order valence-corrected chi connectivity index (χ2v) is 7.10. The molecule has 1 unspecified atom stereocenters. The van der Waals surface area contributed by atoms with E-state index in [0.29, 0.717) is 42.5 Å². The molecule has 2 aromatic carbocycles. The van der Waals surface area contributed by atoms with Gasteiger partial charge in [-0.25, -0.2) is 0 Å². The number of rotatable bonds is 7. The summed E-state index contributed by atoms with van der Waals surface area (Å²) in [5.74, 6) is 0.792. The number of hydrogen-bond acceptors (Lipinski definition) is 4. The van der Waals surface area contributed by atoms with Crippen LogP contribution in [0.3, 0.4) is 0 Å². The van der Waals surface area contributed by atoms with Crippen molar-refractivity contribution < 1.29 is 19.1 Å². The largest absolute Gasteiger partial charge is 0.492 e. The van der Waals surface area contributed by atoms with Crippen molar-refractivity contribution in [1.29, 1.82) is 0 Å². The van der Waals surface area contributed by atoms with E-state index in [9.17, 15) is 9.59 Å². The lowest BCUT2D eigenvalue weighted by atomic mass is 10.0. The van der Waals surface area contributed by atoms with Crippen LogP contribution in [0.5, 0.6) is 11.5 Å². The average Bonchev–Trinajstić information content (AvgIpc) is 2.68. The summed E-state index contributed by atoms with van der Waals surface area (Å²) in [7, 11) is 0. The lowest BCUT2D eigenvalue weighted by molar-refractivity contribution is -0.127. The quantitative estimate of drug-likeness (QED) is 0.664. The van der Waals surface area contributed by atoms with E-state index in [4.69, 9.17) is 32.7 Å². The number of amides is 2. The molecular formula is C20H20Cl2N2O4. The summed E-state index contributed by atoms with van der Waals surface area (Å²) in [6.07, 6.45) is 0.431. The Morgan fingerprint density at radius 3 is 2.89 bits per heavy atom. The number of aryl methyl sites for hydroxylation is 1. The van der Waals surface area contributed by atoms with Gasteiger partial charge < -0.3 is 20.1 Å². The Labute approximate surface area is 173 Å². The van der Waals surface area contributed by atoms with E-state index in [1.54, 1.807) is 31.2 Å². The Kier molecular flexibility index (Phi) is 6.65. The van der Waals surface area contributed by atoms with E-state index in [1.807, 2.05) is 12.1 Å². The molecule has 3 rings (SSSR count). The summed E-state index contributed by atoms with van der Waals surface area (Å²) in [5.41, 5.74) is 1.86. The first kappa shape index (κ1) is 20.3. The third-order valence-corrected chi connectivity index (χ3v) is 5.03. The number of ether oxygens (including phenoxy) is 2. The lowest BCUT2D eigenvalue weighted by Crippen LogP contribution is -2.38. The van der Waals surface area contributed by atoms with E-state index in [2.05, 4.69) is 10.6 Å². The second kappa shape index (κ2) is 9.17. The Hall–Kier alpha value is -2.44. The van der Waals surface area contributed by atoms with Crippen LogP contribution in [0.25, 0.3) is 0 Å². The Balaban J connectivity index is 1.44. The fraction of sp³-hybridized carbons (Fsp3) is 0.300. The molecule has 8 heteroatoms. The Bertz CT molecular complexity index is 889. The number of halogens is 2. The highest BCUT2D eigenvalue weighted by molar-refractivity contribution is 6.42. The van der Waals surface area contributed by atoms with E-state index < -0.39 is 6.10 Å². The minimum Gasteiger partial charge on any atom is -0.492 e. The molecule has 0 spiro atoms. The summed E-state index contributed by atoms with van der Waals surface area (Å²) >= 11 is 12.0. The lowest BCUT2D eigenvalue weighted by Gasteiger charge is -2.18. The summed E-state index contributed by atoms with van der Waals surface area (Å²) in [5, 5.41) is 6.22. The van der Waals surface area contributed by atoms with Crippen LogP contribution in [0.2, 0.25) is 10.0 Å². The number of fused-ring (bicyclic) bond motifs is 1. The molecule has 0 aliphatic carbocycles. The van der Waals surface area contributed by atoms with Crippen LogP contribution in [0.4, 0.5) is 5.69 Å². The van der Waals surface area contributed by atoms with Crippen molar-refractivity contribution in [2.24, 2.45) is 0 Å². The molecule has 0 saturated heterocycles. The highest BCUT2D eigenvalue weighted by Crippen LogP contribution is 2.32. The van der Waals surface area contributed by atoms with Gasteiger partial charge in [0.15, 0.2) is 6.10 Å². The fourth-order valence-electron chi connectivity index (χ4n) is 2.76. The van der Waals surface area contributed by atoms with Gasteiger partial charge in [-0.1, -0.05) is 29.3 Å². The van der Waals surface area contributed by atoms with Gasteiger partial charge in [0.2, 0.25) is 5.91 Å². The van der Waals surface area contributed by atoms with Gasteiger partial charge in [-0.05, 0) is 49.2 Å². The number of anilines is 1. The molecule has 2 amide bonds. The zero-order chi connectivity index (χ0) is 20.1. The van der Waals surface area contributed by atoms with Gasteiger partial charge in [0, 0.05) is 12.1 Å². The molecule has 1 aliphatic heterocycles. The van der Waals surface area contributed by atoms with Gasteiger partial charge in [-0.15, -0.1) is 0 Å². The van der Waals surface area contributed by atoms with Crippen molar-refractivity contribution in [1.82, 2.24) is 5.32 Å². The monoisotopic (exact) mass is 422 g/mol. The van der Waals surface area contributed by atoms with Crippen LogP contribution in [0, 0.1) is 0 Å². The molecule has 2 aromatic rings. The van der Waals surface area contributed by atoms with Crippen LogP contribution in [-0.4, -0.2) is 31.1 Å².